The lowest BCUT2D eigenvalue weighted by Crippen LogP contribution is -2.00. The molecule has 0 aliphatic carbocycles. The van der Waals surface area contributed by atoms with Crippen molar-refractivity contribution in [3.63, 3.8) is 0 Å². The second kappa shape index (κ2) is 18.0. The van der Waals surface area contributed by atoms with E-state index >= 15 is 0 Å². The van der Waals surface area contributed by atoms with Gasteiger partial charge in [-0.3, -0.25) is 0 Å². The minimum atomic E-state index is 0.623. The summed E-state index contributed by atoms with van der Waals surface area (Å²) in [6.45, 7) is 0. The second-order valence-corrected chi connectivity index (χ2v) is 16.1. The van der Waals surface area contributed by atoms with Gasteiger partial charge in [-0.05, 0) is 62.7 Å². The summed E-state index contributed by atoms with van der Waals surface area (Å²) in [5, 5.41) is 0. The Morgan fingerprint density at radius 3 is 0.939 bits per heavy atom. The Labute approximate surface area is 384 Å². The molecule has 2 aromatic heterocycles. The lowest BCUT2D eigenvalue weighted by atomic mass is 9.88. The molecule has 11 aromatic rings. The minimum Gasteiger partial charge on any atom is -0.228 e. The van der Waals surface area contributed by atoms with E-state index in [9.17, 15) is 0 Å². The fourth-order valence-corrected chi connectivity index (χ4v) is 8.47. The first-order chi connectivity index (χ1) is 32.7. The number of aromatic nitrogens is 5. The monoisotopic (exact) mass is 843 g/mol. The molecule has 5 heteroatoms. The molecule has 0 aliphatic rings. The number of hydrogen-bond acceptors (Lipinski definition) is 5. The van der Waals surface area contributed by atoms with Crippen LogP contribution in [-0.2, 0) is 0 Å². The van der Waals surface area contributed by atoms with E-state index in [0.29, 0.717) is 23.3 Å². The van der Waals surface area contributed by atoms with Crippen LogP contribution in [0.15, 0.2) is 249 Å². The third-order valence-electron chi connectivity index (χ3n) is 11.8. The van der Waals surface area contributed by atoms with Gasteiger partial charge in [-0.25, -0.2) is 24.9 Å². The first-order valence-electron chi connectivity index (χ1n) is 22.1. The van der Waals surface area contributed by atoms with E-state index in [1.165, 1.54) is 0 Å². The van der Waals surface area contributed by atoms with E-state index in [-0.39, 0.29) is 0 Å². The molecule has 0 unspecified atom stereocenters. The number of nitrogens with zero attached hydrogens (tertiary/aromatic N) is 5. The van der Waals surface area contributed by atoms with Crippen LogP contribution >= 0.6 is 0 Å². The third-order valence-corrected chi connectivity index (χ3v) is 11.8. The van der Waals surface area contributed by atoms with E-state index in [2.05, 4.69) is 152 Å². The van der Waals surface area contributed by atoms with Gasteiger partial charge in [0.25, 0.3) is 0 Å². The van der Waals surface area contributed by atoms with E-state index in [1.54, 1.807) is 0 Å². The highest BCUT2D eigenvalue weighted by Crippen LogP contribution is 2.40. The molecule has 0 radical (unpaired) electrons. The molecule has 0 fully saturated rings. The molecule has 0 aliphatic heterocycles. The van der Waals surface area contributed by atoms with Gasteiger partial charge in [-0.2, -0.15) is 0 Å². The lowest BCUT2D eigenvalue weighted by molar-refractivity contribution is 1.07. The molecule has 0 saturated carbocycles. The Balaban J connectivity index is 0.928. The zero-order chi connectivity index (χ0) is 44.1. The van der Waals surface area contributed by atoms with Crippen LogP contribution in [-0.4, -0.2) is 24.9 Å². The molecule has 9 aromatic carbocycles. The fraction of sp³-hybridized carbons (Fsp3) is 0. The summed E-state index contributed by atoms with van der Waals surface area (Å²) >= 11 is 0. The van der Waals surface area contributed by atoms with E-state index in [0.717, 1.165) is 89.3 Å². The number of hydrogen-bond donors (Lipinski definition) is 0. The summed E-state index contributed by atoms with van der Waals surface area (Å²) < 4.78 is 0. The van der Waals surface area contributed by atoms with Crippen molar-refractivity contribution >= 4 is 0 Å². The van der Waals surface area contributed by atoms with Crippen molar-refractivity contribution in [1.29, 1.82) is 0 Å². The number of rotatable bonds is 10. The van der Waals surface area contributed by atoms with Crippen LogP contribution in [0.25, 0.3) is 113 Å². The van der Waals surface area contributed by atoms with Crippen molar-refractivity contribution in [3.8, 4) is 113 Å². The van der Waals surface area contributed by atoms with Gasteiger partial charge in [0, 0.05) is 33.4 Å². The molecular weight excluding hydrogens is 803 g/mol. The summed E-state index contributed by atoms with van der Waals surface area (Å²) in [6.07, 6.45) is 0. The zero-order valence-corrected chi connectivity index (χ0v) is 35.9. The molecular formula is C61H41N5. The first kappa shape index (κ1) is 39.9. The van der Waals surface area contributed by atoms with Gasteiger partial charge in [0.15, 0.2) is 23.3 Å². The Hall–Kier alpha value is -8.93. The lowest BCUT2D eigenvalue weighted by Gasteiger charge is -2.16. The molecule has 0 bridgehead atoms. The minimum absolute atomic E-state index is 0.623. The molecule has 0 amide bonds. The van der Waals surface area contributed by atoms with Crippen molar-refractivity contribution in [2.75, 3.05) is 0 Å². The number of benzene rings is 9. The SMILES string of the molecule is c1ccc(-c2cc(-c3ccc(-c4cccc(-c5ccccc5-c5ccccc5-c5cccc(-c6nc(-c7ccccc7)nc(-c7ccccc7)n6)c5)c4)cc3)nc(-c3ccccc3)n2)cc1. The molecule has 2 heterocycles. The van der Waals surface area contributed by atoms with Gasteiger partial charge < -0.3 is 0 Å². The van der Waals surface area contributed by atoms with Gasteiger partial charge in [0.2, 0.25) is 0 Å². The summed E-state index contributed by atoms with van der Waals surface area (Å²) in [5.74, 6) is 2.60. The maximum Gasteiger partial charge on any atom is 0.164 e. The fourth-order valence-electron chi connectivity index (χ4n) is 8.47. The average molecular weight is 844 g/mol. The van der Waals surface area contributed by atoms with Gasteiger partial charge in [-0.15, -0.1) is 0 Å². The van der Waals surface area contributed by atoms with Gasteiger partial charge in [0.1, 0.15) is 0 Å². The molecule has 310 valence electrons. The van der Waals surface area contributed by atoms with Gasteiger partial charge >= 0.3 is 0 Å². The van der Waals surface area contributed by atoms with Crippen molar-refractivity contribution in [2.24, 2.45) is 0 Å². The highest BCUT2D eigenvalue weighted by atomic mass is 15.0. The van der Waals surface area contributed by atoms with Gasteiger partial charge in [-0.1, -0.05) is 231 Å². The smallest absolute Gasteiger partial charge is 0.164 e. The highest BCUT2D eigenvalue weighted by molar-refractivity contribution is 5.93. The van der Waals surface area contributed by atoms with Crippen LogP contribution in [0, 0.1) is 0 Å². The van der Waals surface area contributed by atoms with Crippen LogP contribution in [0.4, 0.5) is 0 Å². The van der Waals surface area contributed by atoms with Crippen molar-refractivity contribution in [3.05, 3.63) is 249 Å². The largest absolute Gasteiger partial charge is 0.228 e. The van der Waals surface area contributed by atoms with Crippen molar-refractivity contribution < 1.29 is 0 Å². The highest BCUT2D eigenvalue weighted by Gasteiger charge is 2.17. The topological polar surface area (TPSA) is 64.5 Å². The quantitative estimate of drug-likeness (QED) is 0.137. The van der Waals surface area contributed by atoms with Crippen LogP contribution in [0.1, 0.15) is 0 Å². The Kier molecular flexibility index (Phi) is 10.9. The summed E-state index contributed by atoms with van der Waals surface area (Å²) in [6, 6.07) is 86.1. The third kappa shape index (κ3) is 8.32. The van der Waals surface area contributed by atoms with E-state index in [4.69, 9.17) is 24.9 Å². The van der Waals surface area contributed by atoms with E-state index < -0.39 is 0 Å². The predicted molar refractivity (Wildman–Crippen MR) is 270 cm³/mol. The maximum atomic E-state index is 5.05. The normalized spacial score (nSPS) is 11.0. The molecule has 0 saturated heterocycles. The summed E-state index contributed by atoms with van der Waals surface area (Å²) in [5.41, 5.74) is 16.7. The Bertz CT molecular complexity index is 3330. The molecule has 66 heavy (non-hydrogen) atoms. The Morgan fingerprint density at radius 2 is 0.470 bits per heavy atom. The van der Waals surface area contributed by atoms with E-state index in [1.807, 2.05) is 97.1 Å². The average Bonchev–Trinajstić information content (AvgIpc) is 3.42. The molecule has 0 atom stereocenters. The first-order valence-corrected chi connectivity index (χ1v) is 22.1. The van der Waals surface area contributed by atoms with Crippen molar-refractivity contribution in [2.45, 2.75) is 0 Å². The van der Waals surface area contributed by atoms with Crippen molar-refractivity contribution in [1.82, 2.24) is 24.9 Å². The van der Waals surface area contributed by atoms with Crippen LogP contribution in [0.3, 0.4) is 0 Å². The molecule has 5 nitrogen and oxygen atoms in total. The predicted octanol–water partition coefficient (Wildman–Crippen LogP) is 15.3. The molecule has 11 rings (SSSR count). The molecule has 0 spiro atoms. The summed E-state index contributed by atoms with van der Waals surface area (Å²) in [4.78, 5) is 25.0. The summed E-state index contributed by atoms with van der Waals surface area (Å²) in [7, 11) is 0. The standard InChI is InChI=1S/C61H41N5/c1-5-19-43(20-6-1)56-41-57(63-58(62-56)45-21-7-2-8-22-45)44-37-35-42(36-38-44)48-27-17-28-49(39-48)52-31-13-15-33-54(52)55-34-16-14-32-53(55)50-29-18-30-51(40-50)61-65-59(46-23-9-3-10-24-46)64-60(66-61)47-25-11-4-12-26-47/h1-41H. The van der Waals surface area contributed by atoms with Crippen LogP contribution in [0.2, 0.25) is 0 Å². The van der Waals surface area contributed by atoms with Gasteiger partial charge in [0.05, 0.1) is 11.4 Å². The van der Waals surface area contributed by atoms with Crippen LogP contribution < -0.4 is 0 Å². The van der Waals surface area contributed by atoms with Crippen LogP contribution in [0.5, 0.6) is 0 Å². The second-order valence-electron chi connectivity index (χ2n) is 16.1. The maximum absolute atomic E-state index is 5.05. The Morgan fingerprint density at radius 1 is 0.167 bits per heavy atom. The zero-order valence-electron chi connectivity index (χ0n) is 35.9. The molecule has 0 N–H and O–H groups in total.